The number of aryl methyl sites for hydroxylation is 1. The Morgan fingerprint density at radius 3 is 2.75 bits per heavy atom. The summed E-state index contributed by atoms with van der Waals surface area (Å²) in [6.45, 7) is 6.75. The van der Waals surface area contributed by atoms with Gasteiger partial charge in [-0.3, -0.25) is 4.68 Å². The van der Waals surface area contributed by atoms with Crippen LogP contribution in [0.15, 0.2) is 47.7 Å². The van der Waals surface area contributed by atoms with Gasteiger partial charge in [0.15, 0.2) is 5.96 Å². The predicted molar refractivity (Wildman–Crippen MR) is 126 cm³/mol. The average molecular weight is 500 g/mol. The summed E-state index contributed by atoms with van der Waals surface area (Å²) in [6, 6.07) is 10.0. The van der Waals surface area contributed by atoms with E-state index >= 15 is 0 Å². The lowest BCUT2D eigenvalue weighted by Crippen LogP contribution is -2.38. The lowest BCUT2D eigenvalue weighted by molar-refractivity contribution is 0.259. The number of halogens is 1. The molecule has 7 nitrogen and oxygen atoms in total. The summed E-state index contributed by atoms with van der Waals surface area (Å²) in [4.78, 5) is 6.81. The molecule has 0 aliphatic rings. The number of likely N-dealkylation sites (N-methyl/N-ethyl adjacent to an activating group) is 1. The standard InChI is InChI=1S/C20H32N6O.HI/c1-4-21-20(22-11-7-13-26-14-8-12-24-26)23-17-18-9-5-6-10-19(18)27-16-15-25(2)3;/h5-6,8-10,12,14H,4,7,11,13,15-17H2,1-3H3,(H2,21,22,23);1H. The third-order valence-corrected chi connectivity index (χ3v) is 3.94. The number of para-hydroxylation sites is 1. The third-order valence-electron chi connectivity index (χ3n) is 3.94. The van der Waals surface area contributed by atoms with Crippen molar-refractivity contribution in [1.82, 2.24) is 25.3 Å². The number of aromatic nitrogens is 2. The highest BCUT2D eigenvalue weighted by atomic mass is 127. The van der Waals surface area contributed by atoms with Gasteiger partial charge >= 0.3 is 0 Å². The number of aliphatic imine (C=N–C) groups is 1. The number of hydrogen-bond acceptors (Lipinski definition) is 4. The molecule has 2 rings (SSSR count). The second kappa shape index (κ2) is 14.2. The zero-order valence-corrected chi connectivity index (χ0v) is 19.4. The Hall–Kier alpha value is -1.81. The van der Waals surface area contributed by atoms with Gasteiger partial charge in [-0.2, -0.15) is 5.10 Å². The summed E-state index contributed by atoms with van der Waals surface area (Å²) >= 11 is 0. The smallest absolute Gasteiger partial charge is 0.191 e. The first-order valence-corrected chi connectivity index (χ1v) is 9.54. The van der Waals surface area contributed by atoms with Crippen LogP contribution in [-0.2, 0) is 13.1 Å². The Kier molecular flexibility index (Phi) is 12.3. The predicted octanol–water partition coefficient (Wildman–Crippen LogP) is 2.59. The zero-order chi connectivity index (χ0) is 19.3. The van der Waals surface area contributed by atoms with Crippen LogP contribution < -0.4 is 15.4 Å². The molecule has 0 saturated carbocycles. The molecule has 0 unspecified atom stereocenters. The topological polar surface area (TPSA) is 66.7 Å². The van der Waals surface area contributed by atoms with Gasteiger partial charge in [-0.05, 0) is 39.6 Å². The Morgan fingerprint density at radius 1 is 1.21 bits per heavy atom. The van der Waals surface area contributed by atoms with E-state index in [0.717, 1.165) is 49.9 Å². The molecule has 28 heavy (non-hydrogen) atoms. The fourth-order valence-corrected chi connectivity index (χ4v) is 2.50. The quantitative estimate of drug-likeness (QED) is 0.215. The van der Waals surface area contributed by atoms with Crippen LogP contribution in [-0.4, -0.2) is 61.0 Å². The van der Waals surface area contributed by atoms with E-state index in [0.29, 0.717) is 13.2 Å². The number of guanidine groups is 1. The number of hydrogen-bond donors (Lipinski definition) is 2. The lowest BCUT2D eigenvalue weighted by Gasteiger charge is -2.14. The SMILES string of the molecule is CCNC(=NCc1ccccc1OCCN(C)C)NCCCn1cccn1.I. The second-order valence-corrected chi connectivity index (χ2v) is 6.50. The van der Waals surface area contributed by atoms with Gasteiger partial charge in [0.25, 0.3) is 0 Å². The Labute approximate surface area is 185 Å². The van der Waals surface area contributed by atoms with Crippen LogP contribution in [0.2, 0.25) is 0 Å². The van der Waals surface area contributed by atoms with Gasteiger partial charge in [0, 0.05) is 44.1 Å². The molecule has 1 aromatic heterocycles. The number of nitrogens with one attached hydrogen (secondary N) is 2. The highest BCUT2D eigenvalue weighted by molar-refractivity contribution is 14.0. The Bertz CT molecular complexity index is 675. The molecule has 1 heterocycles. The third kappa shape index (κ3) is 9.41. The lowest BCUT2D eigenvalue weighted by atomic mass is 10.2. The zero-order valence-electron chi connectivity index (χ0n) is 17.1. The largest absolute Gasteiger partial charge is 0.492 e. The molecule has 0 atom stereocenters. The average Bonchev–Trinajstić information content (AvgIpc) is 3.17. The monoisotopic (exact) mass is 500 g/mol. The maximum atomic E-state index is 5.92. The highest BCUT2D eigenvalue weighted by Gasteiger charge is 2.04. The summed E-state index contributed by atoms with van der Waals surface area (Å²) in [7, 11) is 4.08. The molecule has 0 fully saturated rings. The molecule has 0 aliphatic carbocycles. The minimum Gasteiger partial charge on any atom is -0.492 e. The van der Waals surface area contributed by atoms with E-state index in [2.05, 4.69) is 33.6 Å². The molecule has 8 heteroatoms. The van der Waals surface area contributed by atoms with E-state index in [-0.39, 0.29) is 24.0 Å². The van der Waals surface area contributed by atoms with Gasteiger partial charge in [0.2, 0.25) is 0 Å². The molecule has 0 bridgehead atoms. The fourth-order valence-electron chi connectivity index (χ4n) is 2.50. The molecular weight excluding hydrogens is 467 g/mol. The van der Waals surface area contributed by atoms with E-state index in [1.165, 1.54) is 0 Å². The Balaban J connectivity index is 0.00000392. The van der Waals surface area contributed by atoms with E-state index in [1.807, 2.05) is 49.2 Å². The van der Waals surface area contributed by atoms with E-state index in [9.17, 15) is 0 Å². The van der Waals surface area contributed by atoms with E-state index in [1.54, 1.807) is 6.20 Å². The summed E-state index contributed by atoms with van der Waals surface area (Å²) in [5.74, 6) is 1.72. The molecule has 0 amide bonds. The minimum absolute atomic E-state index is 0. The molecular formula is C20H33IN6O. The maximum absolute atomic E-state index is 5.92. The minimum atomic E-state index is 0. The fraction of sp³-hybridized carbons (Fsp3) is 0.500. The van der Waals surface area contributed by atoms with E-state index in [4.69, 9.17) is 9.73 Å². The number of benzene rings is 1. The molecule has 156 valence electrons. The first kappa shape index (κ1) is 24.2. The van der Waals surface area contributed by atoms with Crippen molar-refractivity contribution < 1.29 is 4.74 Å². The van der Waals surface area contributed by atoms with Gasteiger partial charge in [-0.1, -0.05) is 18.2 Å². The molecule has 1 aromatic carbocycles. The van der Waals surface area contributed by atoms with Crippen molar-refractivity contribution in [3.8, 4) is 5.75 Å². The summed E-state index contributed by atoms with van der Waals surface area (Å²) in [5, 5.41) is 10.9. The van der Waals surface area contributed by atoms with Gasteiger partial charge in [-0.25, -0.2) is 4.99 Å². The van der Waals surface area contributed by atoms with Gasteiger partial charge < -0.3 is 20.3 Å². The first-order chi connectivity index (χ1) is 13.2. The van der Waals surface area contributed by atoms with Crippen LogP contribution in [0.3, 0.4) is 0 Å². The molecule has 0 spiro atoms. The Morgan fingerprint density at radius 2 is 2.04 bits per heavy atom. The number of nitrogens with zero attached hydrogens (tertiary/aromatic N) is 4. The van der Waals surface area contributed by atoms with Crippen molar-refractivity contribution in [2.24, 2.45) is 4.99 Å². The summed E-state index contributed by atoms with van der Waals surface area (Å²) < 4.78 is 7.86. The molecule has 0 aliphatic heterocycles. The van der Waals surface area contributed by atoms with Crippen molar-refractivity contribution in [1.29, 1.82) is 0 Å². The normalized spacial score (nSPS) is 11.2. The molecule has 2 aromatic rings. The number of ether oxygens (including phenoxy) is 1. The molecule has 0 radical (unpaired) electrons. The van der Waals surface area contributed by atoms with Crippen LogP contribution >= 0.6 is 24.0 Å². The summed E-state index contributed by atoms with van der Waals surface area (Å²) in [6.07, 6.45) is 4.76. The van der Waals surface area contributed by atoms with Crippen LogP contribution in [0.1, 0.15) is 18.9 Å². The van der Waals surface area contributed by atoms with Crippen molar-refractivity contribution >= 4 is 29.9 Å². The number of rotatable bonds is 11. The molecule has 0 saturated heterocycles. The van der Waals surface area contributed by atoms with Crippen molar-refractivity contribution in [2.75, 3.05) is 40.3 Å². The highest BCUT2D eigenvalue weighted by Crippen LogP contribution is 2.18. The van der Waals surface area contributed by atoms with Gasteiger partial charge in [0.05, 0.1) is 6.54 Å². The molecule has 2 N–H and O–H groups in total. The van der Waals surface area contributed by atoms with Crippen LogP contribution in [0.25, 0.3) is 0 Å². The van der Waals surface area contributed by atoms with Crippen molar-refractivity contribution in [3.63, 3.8) is 0 Å². The maximum Gasteiger partial charge on any atom is 0.191 e. The summed E-state index contributed by atoms with van der Waals surface area (Å²) in [5.41, 5.74) is 1.09. The van der Waals surface area contributed by atoms with Gasteiger partial charge in [-0.15, -0.1) is 24.0 Å². The van der Waals surface area contributed by atoms with Crippen molar-refractivity contribution in [3.05, 3.63) is 48.3 Å². The van der Waals surface area contributed by atoms with E-state index < -0.39 is 0 Å². The van der Waals surface area contributed by atoms with Gasteiger partial charge in [0.1, 0.15) is 12.4 Å². The van der Waals surface area contributed by atoms with Crippen LogP contribution in [0.5, 0.6) is 5.75 Å². The second-order valence-electron chi connectivity index (χ2n) is 6.50. The first-order valence-electron chi connectivity index (χ1n) is 9.54. The van der Waals surface area contributed by atoms with Crippen LogP contribution in [0.4, 0.5) is 0 Å². The van der Waals surface area contributed by atoms with Crippen molar-refractivity contribution in [2.45, 2.75) is 26.4 Å². The van der Waals surface area contributed by atoms with Crippen LogP contribution in [0, 0.1) is 0 Å².